The van der Waals surface area contributed by atoms with Gasteiger partial charge in [0, 0.05) is 39.7 Å². The molecule has 0 atom stereocenters. The van der Waals surface area contributed by atoms with Crippen molar-refractivity contribution in [2.45, 2.75) is 19.3 Å². The zero-order valence-electron chi connectivity index (χ0n) is 16.4. The molecule has 0 radical (unpaired) electrons. The molecule has 31 heavy (non-hydrogen) atoms. The summed E-state index contributed by atoms with van der Waals surface area (Å²) in [6, 6.07) is 11.0. The number of halogens is 1. The summed E-state index contributed by atoms with van der Waals surface area (Å²) in [5.74, 6) is -2.70. The van der Waals surface area contributed by atoms with Gasteiger partial charge in [0.2, 0.25) is 11.7 Å². The second-order valence-corrected chi connectivity index (χ2v) is 7.09. The highest BCUT2D eigenvalue weighted by atomic mass is 35.5. The first-order valence-electron chi connectivity index (χ1n) is 9.22. The number of furan rings is 1. The van der Waals surface area contributed by atoms with Crippen LogP contribution in [-0.4, -0.2) is 35.8 Å². The van der Waals surface area contributed by atoms with Gasteiger partial charge >= 0.3 is 11.9 Å². The molecule has 1 amide bonds. The van der Waals surface area contributed by atoms with Gasteiger partial charge in [-0.2, -0.15) is 0 Å². The standard InChI is InChI=1S/C22H18ClNO7/c1-30-20(28)9-8-16-15-7-6-14(24-18(25)11-19(26)27)10-17(15)31-22(16)21(29)12-2-4-13(23)5-3-12/h2-7,10H,8-9,11H2,1H3,(H,24,25)(H,26,27). The summed E-state index contributed by atoms with van der Waals surface area (Å²) in [6.07, 6.45) is -0.428. The Morgan fingerprint density at radius 2 is 1.81 bits per heavy atom. The van der Waals surface area contributed by atoms with E-state index < -0.39 is 24.3 Å². The van der Waals surface area contributed by atoms with Crippen LogP contribution in [0.4, 0.5) is 5.69 Å². The number of esters is 1. The van der Waals surface area contributed by atoms with Gasteiger partial charge in [0.25, 0.3) is 0 Å². The van der Waals surface area contributed by atoms with E-state index >= 15 is 0 Å². The summed E-state index contributed by atoms with van der Waals surface area (Å²) in [5.41, 5.74) is 1.52. The van der Waals surface area contributed by atoms with Crippen molar-refractivity contribution in [3.63, 3.8) is 0 Å². The lowest BCUT2D eigenvalue weighted by Crippen LogP contribution is -2.15. The van der Waals surface area contributed by atoms with E-state index in [2.05, 4.69) is 10.1 Å². The number of hydrogen-bond donors (Lipinski definition) is 2. The molecule has 160 valence electrons. The van der Waals surface area contributed by atoms with Crippen LogP contribution in [-0.2, 0) is 25.5 Å². The minimum atomic E-state index is -1.25. The average molecular weight is 444 g/mol. The maximum Gasteiger partial charge on any atom is 0.312 e. The minimum absolute atomic E-state index is 0.0448. The van der Waals surface area contributed by atoms with Crippen LogP contribution in [0.15, 0.2) is 46.9 Å². The molecular weight excluding hydrogens is 426 g/mol. The van der Waals surface area contributed by atoms with Crippen LogP contribution < -0.4 is 5.32 Å². The molecule has 3 rings (SSSR count). The summed E-state index contributed by atoms with van der Waals surface area (Å²) in [7, 11) is 1.28. The number of nitrogens with one attached hydrogen (secondary N) is 1. The number of aryl methyl sites for hydroxylation is 1. The summed E-state index contributed by atoms with van der Waals surface area (Å²) >= 11 is 5.89. The number of hydrogen-bond acceptors (Lipinski definition) is 6. The van der Waals surface area contributed by atoms with Crippen molar-refractivity contribution in [3.8, 4) is 0 Å². The highest BCUT2D eigenvalue weighted by Crippen LogP contribution is 2.31. The van der Waals surface area contributed by atoms with Crippen molar-refractivity contribution in [3.05, 3.63) is 64.4 Å². The fourth-order valence-corrected chi connectivity index (χ4v) is 3.19. The Morgan fingerprint density at radius 1 is 1.10 bits per heavy atom. The largest absolute Gasteiger partial charge is 0.481 e. The smallest absolute Gasteiger partial charge is 0.312 e. The minimum Gasteiger partial charge on any atom is -0.481 e. The third kappa shape index (κ3) is 5.29. The van der Waals surface area contributed by atoms with Crippen LogP contribution >= 0.6 is 11.6 Å². The molecule has 0 aliphatic carbocycles. The number of rotatable bonds is 8. The molecule has 8 nitrogen and oxygen atoms in total. The zero-order chi connectivity index (χ0) is 22.5. The van der Waals surface area contributed by atoms with E-state index in [-0.39, 0.29) is 24.4 Å². The predicted octanol–water partition coefficient (Wildman–Crippen LogP) is 3.84. The third-order valence-corrected chi connectivity index (χ3v) is 4.76. The van der Waals surface area contributed by atoms with Crippen molar-refractivity contribution in [2.24, 2.45) is 0 Å². The van der Waals surface area contributed by atoms with Crippen molar-refractivity contribution in [1.82, 2.24) is 0 Å². The Hall–Kier alpha value is -3.65. The molecule has 9 heteroatoms. The Labute approximate surface area is 181 Å². The van der Waals surface area contributed by atoms with Crippen molar-refractivity contribution < 1.29 is 33.4 Å². The molecule has 3 aromatic rings. The number of methoxy groups -OCH3 is 1. The fourth-order valence-electron chi connectivity index (χ4n) is 3.06. The van der Waals surface area contributed by atoms with Crippen molar-refractivity contribution in [1.29, 1.82) is 0 Å². The number of ketones is 1. The molecule has 0 bridgehead atoms. The molecule has 0 saturated carbocycles. The molecule has 0 aliphatic heterocycles. The maximum absolute atomic E-state index is 13.1. The van der Waals surface area contributed by atoms with E-state index in [1.165, 1.54) is 13.2 Å². The van der Waals surface area contributed by atoms with Gasteiger partial charge in [-0.3, -0.25) is 19.2 Å². The van der Waals surface area contributed by atoms with E-state index in [1.807, 2.05) is 0 Å². The van der Waals surface area contributed by atoms with E-state index in [9.17, 15) is 19.2 Å². The second kappa shape index (κ2) is 9.44. The second-order valence-electron chi connectivity index (χ2n) is 6.65. The Balaban J connectivity index is 2.00. The number of anilines is 1. The normalized spacial score (nSPS) is 10.6. The molecule has 0 saturated heterocycles. The highest BCUT2D eigenvalue weighted by Gasteiger charge is 2.23. The molecule has 0 aliphatic rings. The van der Waals surface area contributed by atoms with E-state index in [4.69, 9.17) is 21.1 Å². The summed E-state index contributed by atoms with van der Waals surface area (Å²) < 4.78 is 10.5. The summed E-state index contributed by atoms with van der Waals surface area (Å²) in [4.78, 5) is 47.1. The van der Waals surface area contributed by atoms with Crippen LogP contribution in [0, 0.1) is 0 Å². The van der Waals surface area contributed by atoms with Crippen LogP contribution in [0.25, 0.3) is 11.0 Å². The molecule has 0 fully saturated rings. The lowest BCUT2D eigenvalue weighted by molar-refractivity contribution is -0.141. The van der Waals surface area contributed by atoms with Gasteiger partial charge in [0.1, 0.15) is 12.0 Å². The molecule has 2 N–H and O–H groups in total. The number of carboxylic acid groups (broad SMARTS) is 1. The summed E-state index contributed by atoms with van der Waals surface area (Å²) in [5, 5.41) is 12.3. The number of carbonyl (C=O) groups is 4. The average Bonchev–Trinajstić information content (AvgIpc) is 3.09. The van der Waals surface area contributed by atoms with Gasteiger partial charge in [0.15, 0.2) is 5.76 Å². The quantitative estimate of drug-likeness (QED) is 0.308. The van der Waals surface area contributed by atoms with Crippen LogP contribution in [0.1, 0.15) is 34.5 Å². The van der Waals surface area contributed by atoms with Gasteiger partial charge in [-0.1, -0.05) is 11.6 Å². The number of fused-ring (bicyclic) bond motifs is 1. The number of benzene rings is 2. The molecular formula is C22H18ClNO7. The maximum atomic E-state index is 13.1. The molecule has 0 spiro atoms. The van der Waals surface area contributed by atoms with Crippen molar-refractivity contribution in [2.75, 3.05) is 12.4 Å². The fraction of sp³-hybridized carbons (Fsp3) is 0.182. The van der Waals surface area contributed by atoms with E-state index in [0.717, 1.165) is 0 Å². The van der Waals surface area contributed by atoms with Gasteiger partial charge in [-0.25, -0.2) is 0 Å². The van der Waals surface area contributed by atoms with Gasteiger partial charge in [-0.15, -0.1) is 0 Å². The number of carbonyl (C=O) groups excluding carboxylic acids is 3. The number of carboxylic acids is 1. The monoisotopic (exact) mass is 443 g/mol. The Kier molecular flexibility index (Phi) is 6.71. The first-order valence-corrected chi connectivity index (χ1v) is 9.60. The topological polar surface area (TPSA) is 123 Å². The van der Waals surface area contributed by atoms with Gasteiger partial charge < -0.3 is 19.6 Å². The Bertz CT molecular complexity index is 1160. The molecule has 1 aromatic heterocycles. The van der Waals surface area contributed by atoms with E-state index in [0.29, 0.717) is 32.8 Å². The first kappa shape index (κ1) is 22.0. The van der Waals surface area contributed by atoms with E-state index in [1.54, 1.807) is 36.4 Å². The lowest BCUT2D eigenvalue weighted by Gasteiger charge is -2.04. The number of ether oxygens (including phenoxy) is 1. The highest BCUT2D eigenvalue weighted by molar-refractivity contribution is 6.30. The number of amides is 1. The summed E-state index contributed by atoms with van der Waals surface area (Å²) in [6.45, 7) is 0. The van der Waals surface area contributed by atoms with Crippen LogP contribution in [0.5, 0.6) is 0 Å². The number of aliphatic carboxylic acids is 1. The SMILES string of the molecule is COC(=O)CCc1c(C(=O)c2ccc(Cl)cc2)oc2cc(NC(=O)CC(=O)O)ccc12. The van der Waals surface area contributed by atoms with Gasteiger partial charge in [-0.05, 0) is 42.8 Å². The molecule has 2 aromatic carbocycles. The first-order chi connectivity index (χ1) is 14.8. The zero-order valence-corrected chi connectivity index (χ0v) is 17.2. The lowest BCUT2D eigenvalue weighted by atomic mass is 10.00. The third-order valence-electron chi connectivity index (χ3n) is 4.51. The van der Waals surface area contributed by atoms with Crippen molar-refractivity contribution >= 4 is 51.9 Å². The predicted molar refractivity (Wildman–Crippen MR) is 112 cm³/mol. The molecule has 0 unspecified atom stereocenters. The van der Waals surface area contributed by atoms with Crippen LogP contribution in [0.3, 0.4) is 0 Å². The molecule has 1 heterocycles. The van der Waals surface area contributed by atoms with Gasteiger partial charge in [0.05, 0.1) is 7.11 Å². The Morgan fingerprint density at radius 3 is 2.45 bits per heavy atom. The van der Waals surface area contributed by atoms with Crippen LogP contribution in [0.2, 0.25) is 5.02 Å².